The van der Waals surface area contributed by atoms with Crippen LogP contribution in [0.5, 0.6) is 0 Å². The third-order valence-corrected chi connectivity index (χ3v) is 5.17. The van der Waals surface area contributed by atoms with Gasteiger partial charge in [0.25, 0.3) is 0 Å². The van der Waals surface area contributed by atoms with Crippen LogP contribution in [-0.4, -0.2) is 34.2 Å². The lowest BCUT2D eigenvalue weighted by Crippen LogP contribution is -2.30. The molecular weight excluding hydrogens is 377 g/mol. The van der Waals surface area contributed by atoms with Crippen LogP contribution in [0.25, 0.3) is 0 Å². The molecule has 0 radical (unpaired) electrons. The van der Waals surface area contributed by atoms with E-state index in [1.807, 2.05) is 0 Å². The summed E-state index contributed by atoms with van der Waals surface area (Å²) in [7, 11) is 1.63. The van der Waals surface area contributed by atoms with Gasteiger partial charge in [0.15, 0.2) is 5.17 Å². The average Bonchev–Trinajstić information content (AvgIpc) is 2.87. The van der Waals surface area contributed by atoms with Crippen LogP contribution in [0, 0.1) is 5.82 Å². The molecule has 2 amide bonds. The molecule has 3 rings (SSSR count). The van der Waals surface area contributed by atoms with E-state index >= 15 is 0 Å². The Balaban J connectivity index is 1.65. The molecule has 1 heterocycles. The molecule has 0 aliphatic carbocycles. The van der Waals surface area contributed by atoms with E-state index in [-0.39, 0.29) is 24.1 Å². The Morgan fingerprint density at radius 3 is 2.54 bits per heavy atom. The molecule has 1 N–H and O–H groups in total. The third-order valence-electron chi connectivity index (χ3n) is 3.69. The Bertz CT molecular complexity index is 856. The summed E-state index contributed by atoms with van der Waals surface area (Å²) in [6.07, 6.45) is 0.00482. The molecule has 1 unspecified atom stereocenters. The van der Waals surface area contributed by atoms with Gasteiger partial charge in [0.2, 0.25) is 11.8 Å². The van der Waals surface area contributed by atoms with Crippen molar-refractivity contribution in [2.24, 2.45) is 4.99 Å². The number of amides is 2. The highest BCUT2D eigenvalue weighted by Gasteiger charge is 2.36. The lowest BCUT2D eigenvalue weighted by molar-refractivity contribution is -0.127. The smallest absolute Gasteiger partial charge is 0.242 e. The van der Waals surface area contributed by atoms with E-state index in [4.69, 9.17) is 11.6 Å². The van der Waals surface area contributed by atoms with Crippen molar-refractivity contribution in [1.29, 1.82) is 0 Å². The Kier molecular flexibility index (Phi) is 5.58. The van der Waals surface area contributed by atoms with Crippen molar-refractivity contribution < 1.29 is 14.0 Å². The predicted molar refractivity (Wildman–Crippen MR) is 102 cm³/mol. The first-order valence-electron chi connectivity index (χ1n) is 7.76. The number of thioether (sulfide) groups is 1. The number of hydrogen-bond acceptors (Lipinski definition) is 4. The minimum Gasteiger partial charge on any atom is -0.326 e. The van der Waals surface area contributed by atoms with Crippen molar-refractivity contribution in [3.63, 3.8) is 0 Å². The Hall–Kier alpha value is -2.38. The highest BCUT2D eigenvalue weighted by molar-refractivity contribution is 8.15. The van der Waals surface area contributed by atoms with Crippen molar-refractivity contribution in [3.05, 3.63) is 59.4 Å². The van der Waals surface area contributed by atoms with E-state index in [1.54, 1.807) is 31.3 Å². The van der Waals surface area contributed by atoms with Gasteiger partial charge in [0, 0.05) is 24.2 Å². The normalized spacial score (nSPS) is 18.4. The van der Waals surface area contributed by atoms with Gasteiger partial charge in [-0.05, 0) is 48.5 Å². The fourth-order valence-electron chi connectivity index (χ4n) is 2.34. The van der Waals surface area contributed by atoms with Gasteiger partial charge in [-0.15, -0.1) is 0 Å². The molecule has 8 heteroatoms. The lowest BCUT2D eigenvalue weighted by atomic mass is 10.2. The maximum absolute atomic E-state index is 12.9. The lowest BCUT2D eigenvalue weighted by Gasteiger charge is -2.09. The number of anilines is 1. The average molecular weight is 392 g/mol. The number of hydrogen-bond donors (Lipinski definition) is 1. The number of halogens is 2. The van der Waals surface area contributed by atoms with Crippen molar-refractivity contribution in [3.8, 4) is 0 Å². The van der Waals surface area contributed by atoms with Crippen molar-refractivity contribution in [1.82, 2.24) is 4.90 Å². The van der Waals surface area contributed by atoms with Gasteiger partial charge >= 0.3 is 0 Å². The number of rotatable bonds is 4. The van der Waals surface area contributed by atoms with Crippen LogP contribution in [0.1, 0.15) is 6.42 Å². The molecule has 0 bridgehead atoms. The zero-order chi connectivity index (χ0) is 18.7. The molecule has 1 saturated heterocycles. The number of carbonyl (C=O) groups excluding carboxylic acids is 2. The fourth-order valence-corrected chi connectivity index (χ4v) is 3.62. The molecule has 1 fully saturated rings. The molecule has 0 spiro atoms. The van der Waals surface area contributed by atoms with Gasteiger partial charge in [0.1, 0.15) is 11.1 Å². The number of nitrogens with zero attached hydrogens (tertiary/aromatic N) is 2. The molecule has 1 aliphatic heterocycles. The molecule has 0 aromatic heterocycles. The molecule has 1 aliphatic rings. The zero-order valence-electron chi connectivity index (χ0n) is 13.8. The molecule has 5 nitrogen and oxygen atoms in total. The van der Waals surface area contributed by atoms with Gasteiger partial charge < -0.3 is 5.32 Å². The van der Waals surface area contributed by atoms with Gasteiger partial charge in [-0.2, -0.15) is 0 Å². The monoisotopic (exact) mass is 391 g/mol. The maximum Gasteiger partial charge on any atom is 0.242 e. The number of aliphatic imine (C=N–C) groups is 1. The number of benzene rings is 2. The summed E-state index contributed by atoms with van der Waals surface area (Å²) in [5.74, 6) is -0.880. The largest absolute Gasteiger partial charge is 0.326 e. The minimum atomic E-state index is -0.550. The van der Waals surface area contributed by atoms with Crippen LogP contribution in [0.4, 0.5) is 15.8 Å². The second-order valence-electron chi connectivity index (χ2n) is 5.63. The first-order chi connectivity index (χ1) is 12.4. The van der Waals surface area contributed by atoms with E-state index in [2.05, 4.69) is 10.3 Å². The second kappa shape index (κ2) is 7.88. The van der Waals surface area contributed by atoms with Crippen LogP contribution in [-0.2, 0) is 9.59 Å². The standard InChI is InChI=1S/C18H15ClFN3O2S/c1-23-17(25)15(10-16(24)21-13-8-4-12(20)5-9-13)26-18(23)22-14-6-2-11(19)3-7-14/h2-9,15H,10H2,1H3,(H,21,24). The maximum atomic E-state index is 12.9. The van der Waals surface area contributed by atoms with Gasteiger partial charge in [-0.3, -0.25) is 14.5 Å². The summed E-state index contributed by atoms with van der Waals surface area (Å²) in [5.41, 5.74) is 1.16. The Morgan fingerprint density at radius 1 is 1.23 bits per heavy atom. The highest BCUT2D eigenvalue weighted by Crippen LogP contribution is 2.31. The van der Waals surface area contributed by atoms with E-state index in [1.165, 1.54) is 40.9 Å². The van der Waals surface area contributed by atoms with Crippen molar-refractivity contribution in [2.75, 3.05) is 12.4 Å². The van der Waals surface area contributed by atoms with Crippen molar-refractivity contribution >= 4 is 51.7 Å². The van der Waals surface area contributed by atoms with Crippen molar-refractivity contribution in [2.45, 2.75) is 11.7 Å². The summed E-state index contributed by atoms with van der Waals surface area (Å²) >= 11 is 7.09. The topological polar surface area (TPSA) is 61.8 Å². The third kappa shape index (κ3) is 4.42. The number of nitrogens with one attached hydrogen (secondary N) is 1. The number of amidine groups is 1. The van der Waals surface area contributed by atoms with Crippen LogP contribution >= 0.6 is 23.4 Å². The SMILES string of the molecule is CN1C(=O)C(CC(=O)Nc2ccc(F)cc2)SC1=Nc1ccc(Cl)cc1. The first kappa shape index (κ1) is 18.4. The molecule has 0 saturated carbocycles. The van der Waals surface area contributed by atoms with Crippen LogP contribution in [0.2, 0.25) is 5.02 Å². The Labute approximate surface area is 159 Å². The van der Waals surface area contributed by atoms with Gasteiger partial charge in [0.05, 0.1) is 5.69 Å². The summed E-state index contributed by atoms with van der Waals surface area (Å²) in [6, 6.07) is 12.4. The molecule has 2 aromatic carbocycles. The summed E-state index contributed by atoms with van der Waals surface area (Å²) < 4.78 is 12.9. The molecule has 1 atom stereocenters. The fraction of sp³-hybridized carbons (Fsp3) is 0.167. The van der Waals surface area contributed by atoms with Gasteiger partial charge in [-0.25, -0.2) is 9.38 Å². The highest BCUT2D eigenvalue weighted by atomic mass is 35.5. The van der Waals surface area contributed by atoms with Crippen LogP contribution < -0.4 is 5.32 Å². The van der Waals surface area contributed by atoms with E-state index in [0.29, 0.717) is 21.6 Å². The minimum absolute atomic E-state index is 0.00482. The zero-order valence-corrected chi connectivity index (χ0v) is 15.4. The van der Waals surface area contributed by atoms with Crippen LogP contribution in [0.15, 0.2) is 53.5 Å². The molecule has 134 valence electrons. The van der Waals surface area contributed by atoms with E-state index in [9.17, 15) is 14.0 Å². The second-order valence-corrected chi connectivity index (χ2v) is 7.24. The molecular formula is C18H15ClFN3O2S. The van der Waals surface area contributed by atoms with Crippen LogP contribution in [0.3, 0.4) is 0 Å². The summed E-state index contributed by atoms with van der Waals surface area (Å²) in [4.78, 5) is 30.4. The van der Waals surface area contributed by atoms with Gasteiger partial charge in [-0.1, -0.05) is 23.4 Å². The van der Waals surface area contributed by atoms with E-state index in [0.717, 1.165) is 0 Å². The summed E-state index contributed by atoms with van der Waals surface area (Å²) in [5, 5.41) is 3.24. The Morgan fingerprint density at radius 2 is 1.88 bits per heavy atom. The predicted octanol–water partition coefficient (Wildman–Crippen LogP) is 4.07. The van der Waals surface area contributed by atoms with E-state index < -0.39 is 5.25 Å². The quantitative estimate of drug-likeness (QED) is 0.854. The summed E-state index contributed by atoms with van der Waals surface area (Å²) in [6.45, 7) is 0. The molecule has 26 heavy (non-hydrogen) atoms. The molecule has 2 aromatic rings. The number of carbonyl (C=O) groups is 2. The first-order valence-corrected chi connectivity index (χ1v) is 9.02.